The number of rotatable bonds is 8. The quantitative estimate of drug-likeness (QED) is 0.305. The molecule has 0 heterocycles. The number of isocyanates is 1. The average molecular weight is 294 g/mol. The van der Waals surface area contributed by atoms with Crippen LogP contribution in [0.3, 0.4) is 0 Å². The molecule has 9 heteroatoms. The Morgan fingerprint density at radius 2 is 1.79 bits per heavy atom. The number of ether oxygens (including phenoxy) is 1. The molecule has 0 aromatic heterocycles. The molecule has 0 bridgehead atoms. The van der Waals surface area contributed by atoms with E-state index in [9.17, 15) is 9.59 Å². The summed E-state index contributed by atoms with van der Waals surface area (Å²) >= 11 is 0. The molecule has 0 aromatic carbocycles. The van der Waals surface area contributed by atoms with Gasteiger partial charge in [0.2, 0.25) is 6.08 Å². The van der Waals surface area contributed by atoms with E-state index in [1.165, 1.54) is 6.08 Å². The van der Waals surface area contributed by atoms with Crippen LogP contribution in [0.4, 0.5) is 4.79 Å². The Morgan fingerprint density at radius 3 is 2.05 bits per heavy atom. The molecule has 0 spiro atoms. The molecule has 0 fully saturated rings. The second-order valence-corrected chi connectivity index (χ2v) is 6.21. The predicted octanol–water partition coefficient (Wildman–Crippen LogP) is 0.692. The molecule has 0 radical (unpaired) electrons. The highest BCUT2D eigenvalue weighted by Gasteiger charge is 2.36. The zero-order valence-electron chi connectivity index (χ0n) is 11.8. The van der Waals surface area contributed by atoms with E-state index in [2.05, 4.69) is 15.5 Å². The maximum Gasteiger partial charge on any atom is 0.500 e. The van der Waals surface area contributed by atoms with E-state index in [0.29, 0.717) is 25.6 Å². The number of aliphatic imine (C=N–C) groups is 1. The van der Waals surface area contributed by atoms with Gasteiger partial charge in [-0.2, -0.15) is 0 Å². The van der Waals surface area contributed by atoms with Crippen LogP contribution in [0.2, 0.25) is 6.04 Å². The lowest BCUT2D eigenvalue weighted by Gasteiger charge is -2.23. The number of amides is 1. The minimum absolute atomic E-state index is 0.356. The highest BCUT2D eigenvalue weighted by molar-refractivity contribution is 6.60. The lowest BCUT2D eigenvalue weighted by Crippen LogP contribution is -2.42. The van der Waals surface area contributed by atoms with Gasteiger partial charge in [-0.1, -0.05) is 0 Å². The summed E-state index contributed by atoms with van der Waals surface area (Å²) < 4.78 is 19.7. The van der Waals surface area contributed by atoms with Gasteiger partial charge < -0.3 is 23.7 Å². The molecule has 8 nitrogen and oxygen atoms in total. The smallest absolute Gasteiger partial charge is 0.450 e. The second-order valence-electron chi connectivity index (χ2n) is 3.12. The Balaban J connectivity index is 0. The third kappa shape index (κ3) is 11.6. The fourth-order valence-corrected chi connectivity index (χ4v) is 2.82. The van der Waals surface area contributed by atoms with Crippen LogP contribution in [0.25, 0.3) is 0 Å². The molecule has 0 atom stereocenters. The van der Waals surface area contributed by atoms with Crippen LogP contribution < -0.4 is 5.73 Å². The predicted molar refractivity (Wildman–Crippen MR) is 70.4 cm³/mol. The van der Waals surface area contributed by atoms with Crippen molar-refractivity contribution in [1.29, 1.82) is 0 Å². The Labute approximate surface area is 114 Å². The molecule has 0 saturated heterocycles. The summed E-state index contributed by atoms with van der Waals surface area (Å²) in [5, 5.41) is 0. The van der Waals surface area contributed by atoms with Gasteiger partial charge in [0.15, 0.2) is 0 Å². The zero-order valence-corrected chi connectivity index (χ0v) is 12.8. The molecule has 0 saturated carbocycles. The monoisotopic (exact) mass is 294 g/mol. The van der Waals surface area contributed by atoms with Crippen LogP contribution in [-0.2, 0) is 22.8 Å². The van der Waals surface area contributed by atoms with Crippen LogP contribution >= 0.6 is 0 Å². The van der Waals surface area contributed by atoms with Crippen molar-refractivity contribution in [3.63, 3.8) is 0 Å². The molecule has 1 amide bonds. The van der Waals surface area contributed by atoms with E-state index in [4.69, 9.17) is 13.3 Å². The van der Waals surface area contributed by atoms with E-state index in [1.807, 2.05) is 0 Å². The number of nitrogens with zero attached hydrogens (tertiary/aromatic N) is 1. The Kier molecular flexibility index (Phi) is 13.9. The highest BCUT2D eigenvalue weighted by Crippen LogP contribution is 2.14. The van der Waals surface area contributed by atoms with Crippen molar-refractivity contribution in [1.82, 2.24) is 0 Å². The number of hydrogen-bond acceptors (Lipinski definition) is 7. The van der Waals surface area contributed by atoms with Crippen molar-refractivity contribution in [3.05, 3.63) is 0 Å². The fraction of sp³-hybridized carbons (Fsp3) is 0.800. The Morgan fingerprint density at radius 1 is 1.26 bits per heavy atom. The van der Waals surface area contributed by atoms with E-state index in [1.54, 1.807) is 28.3 Å². The fourth-order valence-electron chi connectivity index (χ4n) is 1.12. The Bertz CT molecular complexity index is 271. The maximum atomic E-state index is 9.76. The molecule has 0 aromatic rings. The number of carbonyl (C=O) groups excluding carboxylic acids is 2. The summed E-state index contributed by atoms with van der Waals surface area (Å²) in [4.78, 5) is 22.8. The van der Waals surface area contributed by atoms with E-state index < -0.39 is 14.9 Å². The van der Waals surface area contributed by atoms with Gasteiger partial charge in [0.1, 0.15) is 0 Å². The molecule has 112 valence electrons. The maximum absolute atomic E-state index is 9.76. The van der Waals surface area contributed by atoms with Crippen molar-refractivity contribution in [2.75, 3.05) is 34.5 Å². The van der Waals surface area contributed by atoms with Gasteiger partial charge in [-0.15, -0.1) is 0 Å². The molecule has 0 aliphatic rings. The summed E-state index contributed by atoms with van der Waals surface area (Å²) in [5.74, 6) is 0. The first-order valence-corrected chi connectivity index (χ1v) is 7.56. The topological polar surface area (TPSA) is 109 Å². The van der Waals surface area contributed by atoms with Crippen LogP contribution in [0.1, 0.15) is 13.3 Å². The minimum Gasteiger partial charge on any atom is -0.450 e. The largest absolute Gasteiger partial charge is 0.500 e. The van der Waals surface area contributed by atoms with Crippen LogP contribution in [0.15, 0.2) is 4.99 Å². The summed E-state index contributed by atoms with van der Waals surface area (Å²) in [5.41, 5.74) is 4.54. The van der Waals surface area contributed by atoms with Gasteiger partial charge in [0.05, 0.1) is 13.2 Å². The number of hydrogen-bond donors (Lipinski definition) is 1. The normalized spacial score (nSPS) is 9.89. The molecule has 0 unspecified atom stereocenters. The van der Waals surface area contributed by atoms with Crippen LogP contribution in [0.5, 0.6) is 0 Å². The standard InChI is InChI=1S/C7H15NO4Si.C3H7NO2/c1-10-13(11-2,12-3)6-4-5-8-7-9;1-2-6-3(4)5/h4-6H2,1-3H3;2H2,1H3,(H2,4,5). The number of carbonyl (C=O) groups is 1. The summed E-state index contributed by atoms with van der Waals surface area (Å²) in [6.07, 6.45) is 1.47. The highest BCUT2D eigenvalue weighted by atomic mass is 28.4. The van der Waals surface area contributed by atoms with Crippen molar-refractivity contribution in [2.24, 2.45) is 10.7 Å². The van der Waals surface area contributed by atoms with Gasteiger partial charge in [0.25, 0.3) is 0 Å². The first-order valence-electron chi connectivity index (χ1n) is 5.63. The summed E-state index contributed by atoms with van der Waals surface area (Å²) in [6.45, 7) is 2.49. The number of nitrogens with two attached hydrogens (primary N) is 1. The Hall–Kier alpha value is -1.25. The van der Waals surface area contributed by atoms with Gasteiger partial charge in [-0.3, -0.25) is 0 Å². The van der Waals surface area contributed by atoms with Crippen molar-refractivity contribution < 1.29 is 27.6 Å². The zero-order chi connectivity index (χ0) is 15.1. The van der Waals surface area contributed by atoms with Gasteiger partial charge >= 0.3 is 14.9 Å². The third-order valence-corrected chi connectivity index (χ3v) is 4.87. The number of primary amides is 1. The second kappa shape index (κ2) is 13.2. The molecule has 0 rings (SSSR count). The van der Waals surface area contributed by atoms with Gasteiger partial charge in [-0.25, -0.2) is 14.6 Å². The van der Waals surface area contributed by atoms with Crippen molar-refractivity contribution in [3.8, 4) is 0 Å². The van der Waals surface area contributed by atoms with Gasteiger partial charge in [0, 0.05) is 27.4 Å². The summed E-state index contributed by atoms with van der Waals surface area (Å²) in [7, 11) is 2.22. The SMILES string of the molecule is CCOC(N)=O.CO[Si](CCCN=C=O)(OC)OC. The third-order valence-electron chi connectivity index (χ3n) is 2.04. The van der Waals surface area contributed by atoms with E-state index in [0.717, 1.165) is 0 Å². The van der Waals surface area contributed by atoms with Crippen LogP contribution in [0, 0.1) is 0 Å². The minimum atomic E-state index is -2.46. The van der Waals surface area contributed by atoms with Crippen molar-refractivity contribution >= 4 is 21.0 Å². The van der Waals surface area contributed by atoms with Crippen molar-refractivity contribution in [2.45, 2.75) is 19.4 Å². The van der Waals surface area contributed by atoms with E-state index >= 15 is 0 Å². The van der Waals surface area contributed by atoms with E-state index in [-0.39, 0.29) is 0 Å². The lowest BCUT2D eigenvalue weighted by molar-refractivity contribution is 0.123. The average Bonchev–Trinajstić information content (AvgIpc) is 2.40. The first kappa shape index (κ1) is 20.1. The molecular formula is C10H22N2O6Si. The molecule has 19 heavy (non-hydrogen) atoms. The molecule has 2 N–H and O–H groups in total. The molecule has 0 aliphatic carbocycles. The van der Waals surface area contributed by atoms with Gasteiger partial charge in [-0.05, 0) is 13.3 Å². The van der Waals surface area contributed by atoms with Crippen LogP contribution in [-0.4, -0.2) is 55.5 Å². The molecule has 0 aliphatic heterocycles. The molecular weight excluding hydrogens is 272 g/mol. The first-order chi connectivity index (χ1) is 9.01. The lowest BCUT2D eigenvalue weighted by atomic mass is 10.5. The summed E-state index contributed by atoms with van der Waals surface area (Å²) in [6, 6.07) is 0.654.